The summed E-state index contributed by atoms with van der Waals surface area (Å²) in [4.78, 5) is 12.1. The first-order valence-electron chi connectivity index (χ1n) is 13.4. The van der Waals surface area contributed by atoms with Crippen LogP contribution >= 0.6 is 0 Å². The lowest BCUT2D eigenvalue weighted by molar-refractivity contribution is -0.152. The first-order valence-corrected chi connectivity index (χ1v) is 13.4. The molecule has 1 aliphatic rings. The number of carbonyl (C=O) groups is 1. The molecule has 3 heteroatoms. The number of benzene rings is 3. The molecule has 0 unspecified atom stereocenters. The van der Waals surface area contributed by atoms with Gasteiger partial charge in [-0.1, -0.05) is 88.2 Å². The van der Waals surface area contributed by atoms with Gasteiger partial charge < -0.3 is 9.47 Å². The van der Waals surface area contributed by atoms with E-state index >= 15 is 0 Å². The minimum absolute atomic E-state index is 0.306. The minimum Gasteiger partial charge on any atom is -0.479 e. The van der Waals surface area contributed by atoms with Crippen LogP contribution in [0.5, 0.6) is 5.75 Å². The van der Waals surface area contributed by atoms with Crippen molar-refractivity contribution in [3.63, 3.8) is 0 Å². The molecule has 0 aromatic heterocycles. The van der Waals surface area contributed by atoms with Gasteiger partial charge in [-0.2, -0.15) is 0 Å². The van der Waals surface area contributed by atoms with E-state index in [2.05, 4.69) is 56.3 Å². The largest absolute Gasteiger partial charge is 0.479 e. The van der Waals surface area contributed by atoms with E-state index in [1.807, 2.05) is 38.1 Å². The zero-order valence-corrected chi connectivity index (χ0v) is 22.4. The molecule has 0 N–H and O–H groups in total. The molecule has 1 saturated carbocycles. The molecule has 0 spiro atoms. The third-order valence-electron chi connectivity index (χ3n) is 7.33. The second-order valence-electron chi connectivity index (χ2n) is 10.9. The molecule has 3 nitrogen and oxygen atoms in total. The Morgan fingerprint density at radius 2 is 1.44 bits per heavy atom. The van der Waals surface area contributed by atoms with E-state index in [0.29, 0.717) is 18.3 Å². The first kappa shape index (κ1) is 26.0. The maximum atomic E-state index is 12.1. The standard InChI is InChI=1S/C33H40O3/c1-22(2)21-35-33(34)25(5)36-31-17-14-29(15-18-31)32-19-16-30(20-24(32)4)28-12-10-27(11-13-28)26-8-6-23(3)7-9-26/h10-20,22-23,25-26H,6-9,21H2,1-5H3/t23?,25-,26?/m0/s1. The number of hydrogen-bond donors (Lipinski definition) is 0. The number of ether oxygens (including phenoxy) is 2. The Labute approximate surface area is 216 Å². The lowest BCUT2D eigenvalue weighted by Gasteiger charge is -2.26. The molecule has 0 amide bonds. The zero-order chi connectivity index (χ0) is 25.7. The van der Waals surface area contributed by atoms with Crippen molar-refractivity contribution in [2.24, 2.45) is 11.8 Å². The molecule has 3 aromatic carbocycles. The number of rotatable bonds is 8. The van der Waals surface area contributed by atoms with E-state index in [9.17, 15) is 4.79 Å². The molecule has 1 fully saturated rings. The van der Waals surface area contributed by atoms with Gasteiger partial charge in [0.2, 0.25) is 0 Å². The second-order valence-corrected chi connectivity index (χ2v) is 10.9. The van der Waals surface area contributed by atoms with E-state index in [0.717, 1.165) is 17.4 Å². The molecule has 0 heterocycles. The Morgan fingerprint density at radius 3 is 2.06 bits per heavy atom. The highest BCUT2D eigenvalue weighted by atomic mass is 16.6. The van der Waals surface area contributed by atoms with Crippen LogP contribution < -0.4 is 4.74 Å². The van der Waals surface area contributed by atoms with Crippen molar-refractivity contribution < 1.29 is 14.3 Å². The van der Waals surface area contributed by atoms with E-state index in [1.165, 1.54) is 53.5 Å². The number of hydrogen-bond acceptors (Lipinski definition) is 3. The van der Waals surface area contributed by atoms with Crippen molar-refractivity contribution in [2.45, 2.75) is 72.3 Å². The number of esters is 1. The summed E-state index contributed by atoms with van der Waals surface area (Å²) in [6.45, 7) is 10.7. The van der Waals surface area contributed by atoms with Gasteiger partial charge in [0.05, 0.1) is 6.61 Å². The predicted molar refractivity (Wildman–Crippen MR) is 148 cm³/mol. The van der Waals surface area contributed by atoms with Crippen LogP contribution in [0.25, 0.3) is 22.3 Å². The SMILES string of the molecule is Cc1cc(-c2ccc(C3CCC(C)CC3)cc2)ccc1-c1ccc(O[C@@H](C)C(=O)OCC(C)C)cc1. The predicted octanol–water partition coefficient (Wildman–Crippen LogP) is 8.59. The normalized spacial score (nSPS) is 18.6. The molecule has 0 bridgehead atoms. The Balaban J connectivity index is 1.40. The van der Waals surface area contributed by atoms with Gasteiger partial charge in [-0.3, -0.25) is 0 Å². The van der Waals surface area contributed by atoms with Crippen molar-refractivity contribution in [1.82, 2.24) is 0 Å². The van der Waals surface area contributed by atoms with E-state index in [-0.39, 0.29) is 5.97 Å². The van der Waals surface area contributed by atoms with Gasteiger partial charge >= 0.3 is 5.97 Å². The van der Waals surface area contributed by atoms with Crippen LogP contribution in [-0.4, -0.2) is 18.7 Å². The molecule has 3 aromatic rings. The summed E-state index contributed by atoms with van der Waals surface area (Å²) in [5.41, 5.74) is 7.56. The second kappa shape index (κ2) is 11.8. The molecular formula is C33H40O3. The van der Waals surface area contributed by atoms with Crippen LogP contribution in [0.3, 0.4) is 0 Å². The fraction of sp³-hybridized carbons (Fsp3) is 0.424. The maximum absolute atomic E-state index is 12.1. The zero-order valence-electron chi connectivity index (χ0n) is 22.4. The van der Waals surface area contributed by atoms with E-state index in [4.69, 9.17) is 9.47 Å². The molecule has 1 atom stereocenters. The summed E-state index contributed by atoms with van der Waals surface area (Å²) in [6, 6.07) is 23.8. The lowest BCUT2D eigenvalue weighted by Crippen LogP contribution is -2.27. The van der Waals surface area contributed by atoms with Crippen molar-refractivity contribution in [2.75, 3.05) is 6.61 Å². The molecule has 0 aliphatic heterocycles. The Bertz CT molecular complexity index is 1140. The summed E-state index contributed by atoms with van der Waals surface area (Å²) in [5, 5.41) is 0. The first-order chi connectivity index (χ1) is 17.3. The number of aryl methyl sites for hydroxylation is 1. The molecular weight excluding hydrogens is 444 g/mol. The van der Waals surface area contributed by atoms with Crippen molar-refractivity contribution in [1.29, 1.82) is 0 Å². The number of carbonyl (C=O) groups excluding carboxylic acids is 1. The Morgan fingerprint density at radius 1 is 0.833 bits per heavy atom. The van der Waals surface area contributed by atoms with Crippen LogP contribution in [-0.2, 0) is 9.53 Å². The monoisotopic (exact) mass is 484 g/mol. The molecule has 0 saturated heterocycles. The fourth-order valence-electron chi connectivity index (χ4n) is 5.04. The van der Waals surface area contributed by atoms with E-state index < -0.39 is 6.10 Å². The van der Waals surface area contributed by atoms with Crippen LogP contribution in [0.15, 0.2) is 66.7 Å². The third-order valence-corrected chi connectivity index (χ3v) is 7.33. The third kappa shape index (κ3) is 6.57. The van der Waals surface area contributed by atoms with Gasteiger partial charge in [0.1, 0.15) is 5.75 Å². The summed E-state index contributed by atoms with van der Waals surface area (Å²) < 4.78 is 11.1. The smallest absolute Gasteiger partial charge is 0.347 e. The topological polar surface area (TPSA) is 35.5 Å². The molecule has 36 heavy (non-hydrogen) atoms. The molecule has 4 rings (SSSR count). The highest BCUT2D eigenvalue weighted by Crippen LogP contribution is 2.36. The lowest BCUT2D eigenvalue weighted by atomic mass is 9.79. The fourth-order valence-corrected chi connectivity index (χ4v) is 5.04. The molecule has 0 radical (unpaired) electrons. The van der Waals surface area contributed by atoms with Gasteiger partial charge in [0, 0.05) is 0 Å². The minimum atomic E-state index is -0.635. The highest BCUT2D eigenvalue weighted by Gasteiger charge is 2.20. The average Bonchev–Trinajstić information content (AvgIpc) is 2.88. The van der Waals surface area contributed by atoms with Crippen molar-refractivity contribution >= 4 is 5.97 Å². The summed E-state index contributed by atoms with van der Waals surface area (Å²) in [7, 11) is 0. The van der Waals surface area contributed by atoms with Crippen LogP contribution in [0.4, 0.5) is 0 Å². The molecule has 190 valence electrons. The van der Waals surface area contributed by atoms with E-state index in [1.54, 1.807) is 6.92 Å². The Hall–Kier alpha value is -3.07. The highest BCUT2D eigenvalue weighted by molar-refractivity contribution is 5.75. The summed E-state index contributed by atoms with van der Waals surface area (Å²) in [5.74, 6) is 2.24. The van der Waals surface area contributed by atoms with Gasteiger partial charge in [-0.15, -0.1) is 0 Å². The Kier molecular flexibility index (Phi) is 8.51. The van der Waals surface area contributed by atoms with Crippen molar-refractivity contribution in [3.05, 3.63) is 77.9 Å². The van der Waals surface area contributed by atoms with Crippen molar-refractivity contribution in [3.8, 4) is 28.0 Å². The van der Waals surface area contributed by atoms with Gasteiger partial charge in [0.15, 0.2) is 6.10 Å². The summed E-state index contributed by atoms with van der Waals surface area (Å²) >= 11 is 0. The molecule has 1 aliphatic carbocycles. The van der Waals surface area contributed by atoms with Crippen LogP contribution in [0, 0.1) is 18.8 Å². The van der Waals surface area contributed by atoms with Gasteiger partial charge in [-0.05, 0) is 90.0 Å². The van der Waals surface area contributed by atoms with Crippen LogP contribution in [0.2, 0.25) is 0 Å². The van der Waals surface area contributed by atoms with Crippen LogP contribution in [0.1, 0.15) is 70.4 Å². The maximum Gasteiger partial charge on any atom is 0.347 e. The summed E-state index contributed by atoms with van der Waals surface area (Å²) in [6.07, 6.45) is 4.70. The van der Waals surface area contributed by atoms with Gasteiger partial charge in [-0.25, -0.2) is 4.79 Å². The average molecular weight is 485 g/mol. The van der Waals surface area contributed by atoms with Gasteiger partial charge in [0.25, 0.3) is 0 Å². The quantitative estimate of drug-likeness (QED) is 0.300.